The van der Waals surface area contributed by atoms with Gasteiger partial charge in [-0.2, -0.15) is 0 Å². The van der Waals surface area contributed by atoms with Gasteiger partial charge in [-0.25, -0.2) is 4.98 Å². The molecule has 1 fully saturated rings. The second-order valence-corrected chi connectivity index (χ2v) is 8.73. The summed E-state index contributed by atoms with van der Waals surface area (Å²) in [6, 6.07) is 16.6. The van der Waals surface area contributed by atoms with Gasteiger partial charge in [0.25, 0.3) is 11.8 Å². The highest BCUT2D eigenvalue weighted by Gasteiger charge is 2.19. The Morgan fingerprint density at radius 2 is 1.69 bits per heavy atom. The fraction of sp³-hybridized carbons (Fsp3) is 0.231. The maximum absolute atomic E-state index is 12.9. The minimum Gasteiger partial charge on any atom is -0.321 e. The van der Waals surface area contributed by atoms with Crippen LogP contribution in [0.25, 0.3) is 0 Å². The highest BCUT2D eigenvalue weighted by Crippen LogP contribution is 2.20. The predicted octanol–water partition coefficient (Wildman–Crippen LogP) is 4.30. The van der Waals surface area contributed by atoms with Crippen molar-refractivity contribution in [1.29, 1.82) is 0 Å². The average Bonchev–Trinajstić information content (AvgIpc) is 3.37. The molecule has 4 rings (SSSR count). The van der Waals surface area contributed by atoms with Crippen molar-refractivity contribution in [2.24, 2.45) is 0 Å². The Bertz CT molecular complexity index is 1230. The Kier molecular flexibility index (Phi) is 7.74. The number of halogens is 1. The number of anilines is 3. The van der Waals surface area contributed by atoms with Crippen molar-refractivity contribution in [1.82, 2.24) is 9.88 Å². The van der Waals surface area contributed by atoms with Crippen LogP contribution in [0.2, 0.25) is 5.02 Å². The molecule has 1 aromatic heterocycles. The Hall–Kier alpha value is -3.75. The number of rotatable bonds is 7. The van der Waals surface area contributed by atoms with Crippen LogP contribution in [0.1, 0.15) is 33.6 Å². The Labute approximate surface area is 208 Å². The first kappa shape index (κ1) is 24.4. The molecule has 0 atom stereocenters. The highest BCUT2D eigenvalue weighted by atomic mass is 35.5. The number of para-hydroxylation sites is 1. The van der Waals surface area contributed by atoms with Crippen molar-refractivity contribution in [2.75, 3.05) is 42.2 Å². The molecule has 3 aromatic rings. The molecule has 35 heavy (non-hydrogen) atoms. The quantitative estimate of drug-likeness (QED) is 0.514. The summed E-state index contributed by atoms with van der Waals surface area (Å²) in [5.74, 6) is -0.478. The van der Waals surface area contributed by atoms with E-state index in [1.54, 1.807) is 66.5 Å². The van der Waals surface area contributed by atoms with E-state index in [0.717, 1.165) is 25.9 Å². The number of carbonyl (C=O) groups is 3. The molecule has 1 aliphatic rings. The summed E-state index contributed by atoms with van der Waals surface area (Å²) >= 11 is 5.96. The number of hydrogen-bond acceptors (Lipinski definition) is 5. The summed E-state index contributed by atoms with van der Waals surface area (Å²) in [7, 11) is 1.73. The lowest BCUT2D eigenvalue weighted by atomic mass is 10.1. The Morgan fingerprint density at radius 3 is 2.40 bits per heavy atom. The van der Waals surface area contributed by atoms with Gasteiger partial charge in [0.05, 0.1) is 17.8 Å². The van der Waals surface area contributed by atoms with Crippen molar-refractivity contribution in [3.8, 4) is 0 Å². The third-order valence-electron chi connectivity index (χ3n) is 5.83. The molecule has 1 aliphatic heterocycles. The largest absolute Gasteiger partial charge is 0.321 e. The van der Waals surface area contributed by atoms with E-state index in [0.29, 0.717) is 34.3 Å². The zero-order valence-electron chi connectivity index (χ0n) is 19.3. The van der Waals surface area contributed by atoms with Gasteiger partial charge in [-0.3, -0.25) is 19.3 Å². The van der Waals surface area contributed by atoms with Crippen LogP contribution in [-0.2, 0) is 4.79 Å². The minimum absolute atomic E-state index is 0.0123. The number of benzene rings is 2. The van der Waals surface area contributed by atoms with Gasteiger partial charge in [0.2, 0.25) is 5.91 Å². The maximum atomic E-state index is 12.9. The number of likely N-dealkylation sites (tertiary alicyclic amines) is 1. The second kappa shape index (κ2) is 11.1. The van der Waals surface area contributed by atoms with Crippen LogP contribution in [0.3, 0.4) is 0 Å². The van der Waals surface area contributed by atoms with Gasteiger partial charge < -0.3 is 15.5 Å². The molecule has 2 aromatic carbocycles. The molecule has 0 saturated carbocycles. The zero-order chi connectivity index (χ0) is 24.8. The molecule has 180 valence electrons. The van der Waals surface area contributed by atoms with E-state index < -0.39 is 5.91 Å². The van der Waals surface area contributed by atoms with Gasteiger partial charge in [-0.1, -0.05) is 23.7 Å². The van der Waals surface area contributed by atoms with Crippen molar-refractivity contribution in [2.45, 2.75) is 12.8 Å². The number of nitrogens with one attached hydrogen (secondary N) is 2. The van der Waals surface area contributed by atoms with Crippen molar-refractivity contribution >= 4 is 46.5 Å². The fourth-order valence-corrected chi connectivity index (χ4v) is 4.02. The van der Waals surface area contributed by atoms with E-state index in [4.69, 9.17) is 11.6 Å². The Morgan fingerprint density at radius 1 is 0.971 bits per heavy atom. The topological polar surface area (TPSA) is 94.6 Å². The third-order valence-corrected chi connectivity index (χ3v) is 6.07. The molecule has 2 N–H and O–H groups in total. The smallest absolute Gasteiger partial charge is 0.258 e. The monoisotopic (exact) mass is 491 g/mol. The molecular formula is C26H26ClN5O3. The van der Waals surface area contributed by atoms with Gasteiger partial charge in [0.1, 0.15) is 5.82 Å². The molecule has 0 unspecified atom stereocenters. The number of aromatic nitrogens is 1. The van der Waals surface area contributed by atoms with Gasteiger partial charge >= 0.3 is 0 Å². The van der Waals surface area contributed by atoms with Gasteiger partial charge in [0, 0.05) is 29.5 Å². The average molecular weight is 492 g/mol. The first-order chi connectivity index (χ1) is 16.9. The van der Waals surface area contributed by atoms with Crippen LogP contribution in [0.15, 0.2) is 66.9 Å². The number of carbonyl (C=O) groups excluding carboxylic acids is 3. The van der Waals surface area contributed by atoms with Gasteiger partial charge in [-0.15, -0.1) is 0 Å². The van der Waals surface area contributed by atoms with E-state index in [1.807, 2.05) is 0 Å². The molecule has 0 aliphatic carbocycles. The van der Waals surface area contributed by atoms with Crippen LogP contribution < -0.4 is 15.5 Å². The maximum Gasteiger partial charge on any atom is 0.258 e. The molecule has 0 spiro atoms. The number of likely N-dealkylation sites (N-methyl/N-ethyl adjacent to an activating group) is 1. The van der Waals surface area contributed by atoms with Crippen LogP contribution in [0.5, 0.6) is 0 Å². The van der Waals surface area contributed by atoms with Crippen molar-refractivity contribution in [3.05, 3.63) is 83.0 Å². The van der Waals surface area contributed by atoms with Crippen molar-refractivity contribution < 1.29 is 14.4 Å². The van der Waals surface area contributed by atoms with E-state index in [-0.39, 0.29) is 17.4 Å². The third kappa shape index (κ3) is 6.23. The molecule has 8 nitrogen and oxygen atoms in total. The summed E-state index contributed by atoms with van der Waals surface area (Å²) in [6.07, 6.45) is 3.75. The lowest BCUT2D eigenvalue weighted by Gasteiger charge is -2.21. The van der Waals surface area contributed by atoms with E-state index in [9.17, 15) is 14.4 Å². The summed E-state index contributed by atoms with van der Waals surface area (Å²) < 4.78 is 0. The molecular weight excluding hydrogens is 466 g/mol. The van der Waals surface area contributed by atoms with Crippen LogP contribution >= 0.6 is 11.6 Å². The minimum atomic E-state index is -0.427. The summed E-state index contributed by atoms with van der Waals surface area (Å²) in [6.45, 7) is 2.30. The number of nitrogens with zero attached hydrogens (tertiary/aromatic N) is 3. The number of pyridine rings is 1. The number of amides is 3. The summed E-state index contributed by atoms with van der Waals surface area (Å²) in [5, 5.41) is 5.92. The highest BCUT2D eigenvalue weighted by molar-refractivity contribution is 6.30. The first-order valence-electron chi connectivity index (χ1n) is 11.3. The zero-order valence-corrected chi connectivity index (χ0v) is 20.1. The predicted molar refractivity (Wildman–Crippen MR) is 137 cm³/mol. The van der Waals surface area contributed by atoms with Gasteiger partial charge in [-0.05, 0) is 74.5 Å². The van der Waals surface area contributed by atoms with E-state index in [1.165, 1.54) is 12.3 Å². The molecule has 3 amide bonds. The normalized spacial score (nSPS) is 13.3. The van der Waals surface area contributed by atoms with Crippen LogP contribution in [-0.4, -0.2) is 54.3 Å². The van der Waals surface area contributed by atoms with Crippen LogP contribution in [0.4, 0.5) is 17.2 Å². The standard InChI is InChI=1S/C26H26ClN5O3/c1-31(24(33)17-32-14-4-5-15-32)20-10-8-18(9-11-20)25(34)29-22-7-3-2-6-21(22)26(35)30-23-16-19(27)12-13-28-23/h2-3,6-13,16H,4-5,14-15,17H2,1H3,(H,29,34)(H,28,30,35). The summed E-state index contributed by atoms with van der Waals surface area (Å²) in [5.41, 5.74) is 1.76. The lowest BCUT2D eigenvalue weighted by molar-refractivity contribution is -0.119. The molecule has 9 heteroatoms. The molecule has 0 bridgehead atoms. The number of hydrogen-bond donors (Lipinski definition) is 2. The lowest BCUT2D eigenvalue weighted by Crippen LogP contribution is -2.37. The Balaban J connectivity index is 1.41. The SMILES string of the molecule is CN(C(=O)CN1CCCC1)c1ccc(C(=O)Nc2ccccc2C(=O)Nc2cc(Cl)ccn2)cc1. The van der Waals surface area contributed by atoms with Crippen LogP contribution in [0, 0.1) is 0 Å². The van der Waals surface area contributed by atoms with Gasteiger partial charge in [0.15, 0.2) is 0 Å². The second-order valence-electron chi connectivity index (χ2n) is 8.30. The van der Waals surface area contributed by atoms with Crippen molar-refractivity contribution in [3.63, 3.8) is 0 Å². The first-order valence-corrected chi connectivity index (χ1v) is 11.7. The van der Waals surface area contributed by atoms with E-state index >= 15 is 0 Å². The van der Waals surface area contributed by atoms with E-state index in [2.05, 4.69) is 20.5 Å². The molecule has 0 radical (unpaired) electrons. The summed E-state index contributed by atoms with van der Waals surface area (Å²) in [4.78, 5) is 46.1. The fourth-order valence-electron chi connectivity index (χ4n) is 3.86. The molecule has 1 saturated heterocycles. The molecule has 2 heterocycles.